The van der Waals surface area contributed by atoms with Gasteiger partial charge in [-0.05, 0) is 113 Å². The van der Waals surface area contributed by atoms with E-state index in [-0.39, 0.29) is 48.0 Å². The van der Waals surface area contributed by atoms with Crippen LogP contribution in [-0.4, -0.2) is 151 Å². The lowest BCUT2D eigenvalue weighted by molar-refractivity contribution is -0.142. The SMILES string of the molecule is C[C@H]1COCCN1C(=O)C1(c2cc(N3CCOCC3)nc(-c3ccc(N(C(=O)NC4CC4)C4CC4(C(=O)NC4CC4)c4cc(N5CCOCC5)nc(-c5ccc(NC(=O)NC6CC6)cc5)n4)cc3)n2)CC1. The van der Waals surface area contributed by atoms with Crippen LogP contribution in [0.15, 0.2) is 60.7 Å². The van der Waals surface area contributed by atoms with Gasteiger partial charge < -0.3 is 50.2 Å². The van der Waals surface area contributed by atoms with Gasteiger partial charge in [0.1, 0.15) is 17.1 Å². The summed E-state index contributed by atoms with van der Waals surface area (Å²) in [5.41, 5.74) is 2.05. The van der Waals surface area contributed by atoms with Crippen LogP contribution < -0.4 is 36.0 Å². The topological polar surface area (TPSA) is 209 Å². The maximum Gasteiger partial charge on any atom is 0.322 e. The van der Waals surface area contributed by atoms with Crippen LogP contribution in [0.1, 0.15) is 76.1 Å². The quantitative estimate of drug-likeness (QED) is 0.138. The molecule has 5 saturated carbocycles. The van der Waals surface area contributed by atoms with Crippen LogP contribution in [0, 0.1) is 0 Å². The fraction of sp³-hybridized carbons (Fsp3) is 0.538. The lowest BCUT2D eigenvalue weighted by atomic mass is 9.97. The number of hydrogen-bond acceptors (Lipinski definition) is 13. The van der Waals surface area contributed by atoms with Gasteiger partial charge in [-0.25, -0.2) is 29.5 Å². The normalized spacial score (nSPS) is 24.7. The fourth-order valence-electron chi connectivity index (χ4n) is 10.2. The molecule has 4 aromatic rings. The van der Waals surface area contributed by atoms with Gasteiger partial charge in [-0.1, -0.05) is 0 Å². The van der Waals surface area contributed by atoms with E-state index in [0.29, 0.717) is 126 Å². The van der Waals surface area contributed by atoms with Gasteiger partial charge in [-0.3, -0.25) is 14.5 Å². The zero-order valence-corrected chi connectivity index (χ0v) is 40.2. The van der Waals surface area contributed by atoms with Gasteiger partial charge in [0.15, 0.2) is 11.6 Å². The molecule has 8 fully saturated rings. The average molecular weight is 967 g/mol. The number of morpholine rings is 3. The minimum atomic E-state index is -1.20. The number of amides is 6. The molecule has 71 heavy (non-hydrogen) atoms. The number of aromatic nitrogens is 4. The highest BCUT2D eigenvalue weighted by Gasteiger charge is 2.67. The molecule has 3 aliphatic heterocycles. The first-order chi connectivity index (χ1) is 34.6. The highest BCUT2D eigenvalue weighted by Crippen LogP contribution is 2.54. The van der Waals surface area contributed by atoms with Crippen LogP contribution in [-0.2, 0) is 34.6 Å². The maximum atomic E-state index is 15.0. The standard InChI is InChI=1S/C52H62N12O7/c1-32-31-71-27-22-63(32)48(66)51(16-17-51)40-28-43(61-18-23-69-24-19-61)59-45(57-40)34-4-14-39(15-5-34)64(50(68)56-38-12-13-38)42-30-52(42,47(65)53-35-8-9-35)41-29-44(62-20-25-70-26-21-62)60-46(58-41)33-2-6-36(7-3-33)54-49(67)55-37-10-11-37/h2-7,14-15,28-29,32,35,37-38,42H,8-13,16-27,30-31H2,1H3,(H,53,65)(H,56,68)(H2,54,55,67)/t32-,42?,52?/m0/s1. The van der Waals surface area contributed by atoms with Gasteiger partial charge in [-0.15, -0.1) is 0 Å². The molecule has 0 radical (unpaired) electrons. The first kappa shape index (κ1) is 45.7. The fourth-order valence-corrected chi connectivity index (χ4v) is 10.2. The van der Waals surface area contributed by atoms with E-state index in [4.69, 9.17) is 34.1 Å². The molecule has 0 spiro atoms. The smallest absolute Gasteiger partial charge is 0.322 e. The molecule has 19 nitrogen and oxygen atoms in total. The Morgan fingerprint density at radius 2 is 1.17 bits per heavy atom. The van der Waals surface area contributed by atoms with Crippen molar-refractivity contribution < 1.29 is 33.4 Å². The number of carbonyl (C=O) groups excluding carboxylic acids is 4. The first-order valence-corrected chi connectivity index (χ1v) is 25.7. The molecule has 4 N–H and O–H groups in total. The van der Waals surface area contributed by atoms with E-state index in [1.165, 1.54) is 0 Å². The average Bonchev–Trinajstić information content (AvgIpc) is 4.16. The van der Waals surface area contributed by atoms with E-state index in [2.05, 4.69) is 31.1 Å². The van der Waals surface area contributed by atoms with E-state index in [9.17, 15) is 19.2 Å². The van der Waals surface area contributed by atoms with Crippen molar-refractivity contribution in [1.82, 2.24) is 40.8 Å². The predicted molar refractivity (Wildman–Crippen MR) is 264 cm³/mol. The van der Waals surface area contributed by atoms with E-state index in [0.717, 1.165) is 61.2 Å². The number of urea groups is 2. The second kappa shape index (κ2) is 18.6. The molecular formula is C52H62N12O7. The zero-order chi connectivity index (χ0) is 48.3. The van der Waals surface area contributed by atoms with Gasteiger partial charge in [-0.2, -0.15) is 0 Å². The third kappa shape index (κ3) is 9.46. The largest absolute Gasteiger partial charge is 0.378 e. The molecule has 8 aliphatic rings. The summed E-state index contributed by atoms with van der Waals surface area (Å²) < 4.78 is 17.1. The molecule has 0 bridgehead atoms. The highest BCUT2D eigenvalue weighted by molar-refractivity contribution is 6.01. The van der Waals surface area contributed by atoms with Crippen molar-refractivity contribution in [2.75, 3.05) is 92.4 Å². The second-order valence-electron chi connectivity index (χ2n) is 20.6. The zero-order valence-electron chi connectivity index (χ0n) is 40.2. The molecule has 3 saturated heterocycles. The van der Waals surface area contributed by atoms with Crippen LogP contribution >= 0.6 is 0 Å². The van der Waals surface area contributed by atoms with Crippen molar-refractivity contribution in [3.05, 3.63) is 72.1 Å². The van der Waals surface area contributed by atoms with Crippen LogP contribution in [0.25, 0.3) is 22.8 Å². The Morgan fingerprint density at radius 1 is 0.634 bits per heavy atom. The number of anilines is 4. The number of carbonyl (C=O) groups is 4. The number of ether oxygens (including phenoxy) is 3. The van der Waals surface area contributed by atoms with Crippen molar-refractivity contribution in [1.29, 1.82) is 0 Å². The Morgan fingerprint density at radius 3 is 1.75 bits per heavy atom. The number of nitrogens with one attached hydrogen (secondary N) is 4. The van der Waals surface area contributed by atoms with Crippen LogP contribution in [0.5, 0.6) is 0 Å². The highest BCUT2D eigenvalue weighted by atomic mass is 16.5. The van der Waals surface area contributed by atoms with Crippen molar-refractivity contribution in [3.8, 4) is 22.8 Å². The molecule has 2 unspecified atom stereocenters. The Balaban J connectivity index is 0.894. The summed E-state index contributed by atoms with van der Waals surface area (Å²) in [5, 5.41) is 12.4. The van der Waals surface area contributed by atoms with Gasteiger partial charge in [0.05, 0.1) is 68.5 Å². The van der Waals surface area contributed by atoms with Crippen molar-refractivity contribution in [3.63, 3.8) is 0 Å². The summed E-state index contributed by atoms with van der Waals surface area (Å²) >= 11 is 0. The first-order valence-electron chi connectivity index (χ1n) is 25.7. The minimum Gasteiger partial charge on any atom is -0.378 e. The van der Waals surface area contributed by atoms with Crippen LogP contribution in [0.4, 0.5) is 32.6 Å². The summed E-state index contributed by atoms with van der Waals surface area (Å²) in [7, 11) is 0. The van der Waals surface area contributed by atoms with E-state index in [1.807, 2.05) is 72.5 Å². The Kier molecular flexibility index (Phi) is 12.0. The molecule has 5 heterocycles. The Labute approximate surface area is 412 Å². The second-order valence-corrected chi connectivity index (χ2v) is 20.6. The van der Waals surface area contributed by atoms with E-state index in [1.54, 1.807) is 4.90 Å². The minimum absolute atomic E-state index is 0.0254. The van der Waals surface area contributed by atoms with Gasteiger partial charge in [0.25, 0.3) is 0 Å². The summed E-state index contributed by atoms with van der Waals surface area (Å²) in [5.74, 6) is 2.29. The number of hydrogen-bond donors (Lipinski definition) is 4. The lowest BCUT2D eigenvalue weighted by Crippen LogP contribution is -2.51. The van der Waals surface area contributed by atoms with Crippen molar-refractivity contribution in [2.45, 2.75) is 106 Å². The van der Waals surface area contributed by atoms with Crippen molar-refractivity contribution >= 4 is 46.9 Å². The number of rotatable bonds is 14. The van der Waals surface area contributed by atoms with E-state index < -0.39 is 16.9 Å². The van der Waals surface area contributed by atoms with Crippen LogP contribution in [0.3, 0.4) is 0 Å². The molecule has 3 atom stereocenters. The van der Waals surface area contributed by atoms with Crippen molar-refractivity contribution in [2.24, 2.45) is 0 Å². The molecule has 6 amide bonds. The lowest BCUT2D eigenvalue weighted by Gasteiger charge is -2.36. The van der Waals surface area contributed by atoms with E-state index >= 15 is 0 Å². The Bertz CT molecular complexity index is 2680. The maximum absolute atomic E-state index is 15.0. The molecule has 5 aliphatic carbocycles. The summed E-state index contributed by atoms with van der Waals surface area (Å²) in [6, 6.07) is 18.2. The summed E-state index contributed by atoms with van der Waals surface area (Å²) in [6.45, 7) is 8.42. The molecule has 12 rings (SSSR count). The molecule has 2 aromatic carbocycles. The van der Waals surface area contributed by atoms with Gasteiger partial charge >= 0.3 is 12.1 Å². The van der Waals surface area contributed by atoms with Gasteiger partial charge in [0.2, 0.25) is 11.8 Å². The molecule has 372 valence electrons. The third-order valence-corrected chi connectivity index (χ3v) is 15.2. The Hall–Kier alpha value is -6.44. The van der Waals surface area contributed by atoms with Gasteiger partial charge in [0, 0.05) is 85.5 Å². The predicted octanol–water partition coefficient (Wildman–Crippen LogP) is 4.50. The monoisotopic (exact) mass is 966 g/mol. The molecular weight excluding hydrogens is 905 g/mol. The van der Waals surface area contributed by atoms with Crippen LogP contribution in [0.2, 0.25) is 0 Å². The summed E-state index contributed by atoms with van der Waals surface area (Å²) in [6.07, 6.45) is 7.31. The number of benzene rings is 2. The number of nitrogens with zero attached hydrogens (tertiary/aromatic N) is 8. The summed E-state index contributed by atoms with van der Waals surface area (Å²) in [4.78, 5) is 85.2. The molecule has 2 aromatic heterocycles. The third-order valence-electron chi connectivity index (χ3n) is 15.2. The molecule has 19 heteroatoms.